The van der Waals surface area contributed by atoms with Crippen molar-refractivity contribution in [1.29, 1.82) is 0 Å². The van der Waals surface area contributed by atoms with E-state index in [1.54, 1.807) is 24.3 Å². The smallest absolute Gasteiger partial charge is 0.337 e. The van der Waals surface area contributed by atoms with E-state index in [9.17, 15) is 9.59 Å². The van der Waals surface area contributed by atoms with E-state index in [4.69, 9.17) is 4.74 Å². The van der Waals surface area contributed by atoms with Crippen LogP contribution in [0.5, 0.6) is 5.75 Å². The van der Waals surface area contributed by atoms with Gasteiger partial charge in [0, 0.05) is 6.42 Å². The van der Waals surface area contributed by atoms with Gasteiger partial charge in [-0.15, -0.1) is 0 Å². The van der Waals surface area contributed by atoms with E-state index in [1.165, 1.54) is 39.2 Å². The van der Waals surface area contributed by atoms with E-state index in [0.29, 0.717) is 23.7 Å². The Kier molecular flexibility index (Phi) is 5.78. The van der Waals surface area contributed by atoms with Gasteiger partial charge in [0.15, 0.2) is 0 Å². The van der Waals surface area contributed by atoms with E-state index >= 15 is 0 Å². The highest BCUT2D eigenvalue weighted by Gasteiger charge is 2.15. The largest absolute Gasteiger partial charge is 0.465 e. The molecule has 0 amide bonds. The van der Waals surface area contributed by atoms with Crippen molar-refractivity contribution in [2.45, 2.75) is 44.9 Å². The first-order chi connectivity index (χ1) is 10.2. The minimum absolute atomic E-state index is 0.202. The Bertz CT molecular complexity index is 472. The van der Waals surface area contributed by atoms with Gasteiger partial charge in [-0.25, -0.2) is 4.79 Å². The highest BCUT2D eigenvalue weighted by molar-refractivity contribution is 5.89. The van der Waals surface area contributed by atoms with Crippen molar-refractivity contribution in [3.63, 3.8) is 0 Å². The highest BCUT2D eigenvalue weighted by Crippen LogP contribution is 2.27. The van der Waals surface area contributed by atoms with Gasteiger partial charge in [0.05, 0.1) is 12.7 Å². The number of hydrogen-bond donors (Lipinski definition) is 0. The van der Waals surface area contributed by atoms with Crippen molar-refractivity contribution < 1.29 is 19.1 Å². The Morgan fingerprint density at radius 1 is 1.10 bits per heavy atom. The molecule has 1 saturated carbocycles. The second-order valence-corrected chi connectivity index (χ2v) is 5.53. The van der Waals surface area contributed by atoms with Crippen LogP contribution in [0, 0.1) is 5.92 Å². The van der Waals surface area contributed by atoms with Crippen LogP contribution >= 0.6 is 0 Å². The van der Waals surface area contributed by atoms with Crippen LogP contribution in [0.25, 0.3) is 0 Å². The first-order valence-corrected chi connectivity index (χ1v) is 7.58. The maximum absolute atomic E-state index is 11.8. The van der Waals surface area contributed by atoms with Crippen LogP contribution in [-0.4, -0.2) is 19.0 Å². The maximum Gasteiger partial charge on any atom is 0.337 e. The molecule has 0 aromatic heterocycles. The lowest BCUT2D eigenvalue weighted by Crippen LogP contribution is -2.12. The van der Waals surface area contributed by atoms with Crippen LogP contribution in [0.1, 0.15) is 55.3 Å². The van der Waals surface area contributed by atoms with E-state index in [0.717, 1.165) is 6.42 Å². The van der Waals surface area contributed by atoms with Crippen LogP contribution in [0.4, 0.5) is 0 Å². The van der Waals surface area contributed by atoms with Gasteiger partial charge in [0.2, 0.25) is 0 Å². The lowest BCUT2D eigenvalue weighted by molar-refractivity contribution is -0.134. The van der Waals surface area contributed by atoms with Crippen molar-refractivity contribution in [1.82, 2.24) is 0 Å². The lowest BCUT2D eigenvalue weighted by Gasteiger charge is -2.20. The molecule has 0 saturated heterocycles. The first kappa shape index (κ1) is 15.5. The van der Waals surface area contributed by atoms with Crippen molar-refractivity contribution in [3.8, 4) is 5.75 Å². The number of carbonyl (C=O) groups excluding carboxylic acids is 2. The summed E-state index contributed by atoms with van der Waals surface area (Å²) >= 11 is 0. The summed E-state index contributed by atoms with van der Waals surface area (Å²) in [5.74, 6) is 0.542. The third kappa shape index (κ3) is 4.88. The molecule has 0 unspecified atom stereocenters. The molecule has 1 fully saturated rings. The summed E-state index contributed by atoms with van der Waals surface area (Å²) in [6.07, 6.45) is 7.75. The minimum Gasteiger partial charge on any atom is -0.465 e. The summed E-state index contributed by atoms with van der Waals surface area (Å²) in [4.78, 5) is 23.1. The van der Waals surface area contributed by atoms with Gasteiger partial charge in [-0.2, -0.15) is 0 Å². The molecule has 114 valence electrons. The molecule has 0 heterocycles. The lowest BCUT2D eigenvalue weighted by atomic mass is 9.86. The number of methoxy groups -OCH3 is 1. The quantitative estimate of drug-likeness (QED) is 0.612. The van der Waals surface area contributed by atoms with Crippen LogP contribution < -0.4 is 4.74 Å². The van der Waals surface area contributed by atoms with Crippen LogP contribution in [0.2, 0.25) is 0 Å². The highest BCUT2D eigenvalue weighted by atomic mass is 16.5. The maximum atomic E-state index is 11.8. The average molecular weight is 290 g/mol. The summed E-state index contributed by atoms with van der Waals surface area (Å²) in [6, 6.07) is 6.42. The van der Waals surface area contributed by atoms with Crippen molar-refractivity contribution in [2.24, 2.45) is 5.92 Å². The second-order valence-electron chi connectivity index (χ2n) is 5.53. The summed E-state index contributed by atoms with van der Waals surface area (Å²) in [6.45, 7) is 0. The Morgan fingerprint density at radius 3 is 2.38 bits per heavy atom. The predicted molar refractivity (Wildman–Crippen MR) is 79.2 cm³/mol. The zero-order chi connectivity index (χ0) is 15.1. The SMILES string of the molecule is COC(=O)c1ccc(OC(=O)CCC2CCCCC2)cc1. The van der Waals surface area contributed by atoms with Crippen molar-refractivity contribution >= 4 is 11.9 Å². The topological polar surface area (TPSA) is 52.6 Å². The molecule has 1 aliphatic carbocycles. The number of ether oxygens (including phenoxy) is 2. The zero-order valence-electron chi connectivity index (χ0n) is 12.5. The molecule has 4 heteroatoms. The fraction of sp³-hybridized carbons (Fsp3) is 0.529. The van der Waals surface area contributed by atoms with Gasteiger partial charge in [-0.05, 0) is 36.6 Å². The summed E-state index contributed by atoms with van der Waals surface area (Å²) in [5, 5.41) is 0. The normalized spacial score (nSPS) is 15.5. The van der Waals surface area contributed by atoms with Gasteiger partial charge in [0.1, 0.15) is 5.75 Å². The summed E-state index contributed by atoms with van der Waals surface area (Å²) < 4.78 is 9.90. The van der Waals surface area contributed by atoms with Gasteiger partial charge < -0.3 is 9.47 Å². The Hall–Kier alpha value is -1.84. The fourth-order valence-electron chi connectivity index (χ4n) is 2.76. The molecule has 4 nitrogen and oxygen atoms in total. The van der Waals surface area contributed by atoms with Gasteiger partial charge in [-0.1, -0.05) is 32.1 Å². The minimum atomic E-state index is -0.398. The first-order valence-electron chi connectivity index (χ1n) is 7.58. The zero-order valence-corrected chi connectivity index (χ0v) is 12.5. The van der Waals surface area contributed by atoms with Gasteiger partial charge in [-0.3, -0.25) is 4.79 Å². The molecule has 21 heavy (non-hydrogen) atoms. The van der Waals surface area contributed by atoms with Crippen LogP contribution in [0.15, 0.2) is 24.3 Å². The summed E-state index contributed by atoms with van der Waals surface area (Å²) in [7, 11) is 1.33. The van der Waals surface area contributed by atoms with E-state index in [2.05, 4.69) is 4.74 Å². The van der Waals surface area contributed by atoms with Gasteiger partial charge in [0.25, 0.3) is 0 Å². The fourth-order valence-corrected chi connectivity index (χ4v) is 2.76. The van der Waals surface area contributed by atoms with Crippen molar-refractivity contribution in [3.05, 3.63) is 29.8 Å². The third-order valence-electron chi connectivity index (χ3n) is 3.99. The predicted octanol–water partition coefficient (Wildman–Crippen LogP) is 3.74. The van der Waals surface area contributed by atoms with E-state index in [-0.39, 0.29) is 5.97 Å². The Labute approximate surface area is 125 Å². The molecule has 0 atom stereocenters. The molecule has 1 aliphatic rings. The molecule has 2 rings (SSSR count). The molecule has 0 N–H and O–H groups in total. The molecular formula is C17H22O4. The standard InChI is InChI=1S/C17H22O4/c1-20-17(19)14-8-10-15(11-9-14)21-16(18)12-7-13-5-3-2-4-6-13/h8-11,13H,2-7,12H2,1H3. The monoisotopic (exact) mass is 290 g/mol. The molecule has 0 bridgehead atoms. The molecular weight excluding hydrogens is 268 g/mol. The Balaban J connectivity index is 1.77. The van der Waals surface area contributed by atoms with Gasteiger partial charge >= 0.3 is 11.9 Å². The molecule has 0 radical (unpaired) electrons. The Morgan fingerprint density at radius 2 is 1.76 bits per heavy atom. The number of hydrogen-bond acceptors (Lipinski definition) is 4. The van der Waals surface area contributed by atoms with Crippen LogP contribution in [-0.2, 0) is 9.53 Å². The molecule has 0 aliphatic heterocycles. The number of esters is 2. The number of carbonyl (C=O) groups is 2. The molecule has 0 spiro atoms. The van der Waals surface area contributed by atoms with Crippen LogP contribution in [0.3, 0.4) is 0 Å². The molecule has 1 aromatic rings. The second kappa shape index (κ2) is 7.81. The van der Waals surface area contributed by atoms with E-state index < -0.39 is 5.97 Å². The number of benzene rings is 1. The number of rotatable bonds is 5. The third-order valence-corrected chi connectivity index (χ3v) is 3.99. The molecule has 1 aromatic carbocycles. The average Bonchev–Trinajstić information content (AvgIpc) is 2.54. The van der Waals surface area contributed by atoms with Crippen molar-refractivity contribution in [2.75, 3.05) is 7.11 Å². The van der Waals surface area contributed by atoms with E-state index in [1.807, 2.05) is 0 Å². The summed E-state index contributed by atoms with van der Waals surface area (Å²) in [5.41, 5.74) is 0.444.